The number of benzene rings is 1. The van der Waals surface area contributed by atoms with Gasteiger partial charge in [0.25, 0.3) is 5.91 Å². The minimum Gasteiger partial charge on any atom is -0.405 e. The van der Waals surface area contributed by atoms with Gasteiger partial charge in [-0.1, -0.05) is 48.9 Å². The molecule has 2 rings (SSSR count). The third-order valence-corrected chi connectivity index (χ3v) is 4.46. The van der Waals surface area contributed by atoms with Gasteiger partial charge in [-0.15, -0.1) is 0 Å². The van der Waals surface area contributed by atoms with E-state index in [4.69, 9.17) is 5.73 Å². The Labute approximate surface area is 156 Å². The lowest BCUT2D eigenvalue weighted by atomic mass is 9.93. The van der Waals surface area contributed by atoms with Crippen molar-refractivity contribution in [1.82, 2.24) is 5.32 Å². The zero-order valence-electron chi connectivity index (χ0n) is 15.7. The van der Waals surface area contributed by atoms with E-state index in [1.54, 1.807) is 6.20 Å². The number of aryl methyl sites for hydroxylation is 1. The van der Waals surface area contributed by atoms with E-state index in [9.17, 15) is 4.79 Å². The number of hydrogen-bond donors (Lipinski definition) is 2. The van der Waals surface area contributed by atoms with Crippen molar-refractivity contribution in [2.75, 3.05) is 0 Å². The van der Waals surface area contributed by atoms with Crippen LogP contribution < -0.4 is 11.1 Å². The topological polar surface area (TPSA) is 55.1 Å². The zero-order chi connectivity index (χ0) is 18.8. The molecule has 136 valence electrons. The molecule has 0 aliphatic heterocycles. The lowest BCUT2D eigenvalue weighted by Gasteiger charge is -2.13. The van der Waals surface area contributed by atoms with Crippen LogP contribution in [0.4, 0.5) is 0 Å². The molecule has 1 aromatic carbocycles. The summed E-state index contributed by atoms with van der Waals surface area (Å²) >= 11 is 0. The molecule has 0 radical (unpaired) electrons. The second-order valence-electron chi connectivity index (χ2n) is 6.33. The normalized spacial score (nSPS) is 14.8. The van der Waals surface area contributed by atoms with Crippen molar-refractivity contribution < 1.29 is 4.79 Å². The minimum atomic E-state index is -0.0858. The van der Waals surface area contributed by atoms with E-state index in [-0.39, 0.29) is 5.91 Å². The smallest absolute Gasteiger partial charge is 0.255 e. The van der Waals surface area contributed by atoms with Gasteiger partial charge in [0, 0.05) is 11.8 Å². The molecular weight excluding hydrogens is 320 g/mol. The number of rotatable bonds is 7. The van der Waals surface area contributed by atoms with Crippen LogP contribution in [0.2, 0.25) is 0 Å². The lowest BCUT2D eigenvalue weighted by molar-refractivity contribution is 0.0970. The predicted molar refractivity (Wildman–Crippen MR) is 110 cm³/mol. The molecule has 0 saturated heterocycles. The summed E-state index contributed by atoms with van der Waals surface area (Å²) in [6.45, 7) is 4.16. The molecule has 1 amide bonds. The Kier molecular flexibility index (Phi) is 7.69. The molecule has 3 heteroatoms. The monoisotopic (exact) mass is 348 g/mol. The highest BCUT2D eigenvalue weighted by Crippen LogP contribution is 2.26. The molecule has 3 nitrogen and oxygen atoms in total. The number of amides is 1. The molecule has 0 unspecified atom stereocenters. The van der Waals surface area contributed by atoms with Crippen LogP contribution in [0, 0.1) is 6.92 Å². The van der Waals surface area contributed by atoms with Crippen molar-refractivity contribution in [3.63, 3.8) is 0 Å². The Balaban J connectivity index is 1.97. The van der Waals surface area contributed by atoms with E-state index in [0.717, 1.165) is 31.2 Å². The molecule has 1 aliphatic rings. The molecule has 3 N–H and O–H groups in total. The highest BCUT2D eigenvalue weighted by molar-refractivity contribution is 5.95. The average molecular weight is 348 g/mol. The van der Waals surface area contributed by atoms with Crippen LogP contribution in [-0.4, -0.2) is 5.91 Å². The summed E-state index contributed by atoms with van der Waals surface area (Å²) in [6.07, 6.45) is 19.3. The van der Waals surface area contributed by atoms with Gasteiger partial charge < -0.3 is 11.1 Å². The molecular formula is C23H28N2O. The highest BCUT2D eigenvalue weighted by atomic mass is 16.1. The van der Waals surface area contributed by atoms with Crippen LogP contribution in [0.25, 0.3) is 5.57 Å². The number of nitrogens with two attached hydrogens (primary N) is 1. The number of carbonyl (C=O) groups is 1. The van der Waals surface area contributed by atoms with E-state index in [1.165, 1.54) is 22.9 Å². The van der Waals surface area contributed by atoms with Gasteiger partial charge >= 0.3 is 0 Å². The maximum atomic E-state index is 12.3. The van der Waals surface area contributed by atoms with Gasteiger partial charge in [-0.2, -0.15) is 0 Å². The van der Waals surface area contributed by atoms with Gasteiger partial charge in [0.1, 0.15) is 0 Å². The molecule has 26 heavy (non-hydrogen) atoms. The molecule has 0 spiro atoms. The first kappa shape index (κ1) is 19.5. The fraction of sp³-hybridized carbons (Fsp3) is 0.261. The van der Waals surface area contributed by atoms with Gasteiger partial charge in [-0.3, -0.25) is 4.79 Å². The quantitative estimate of drug-likeness (QED) is 0.668. The number of allylic oxidation sites excluding steroid dienone is 8. The summed E-state index contributed by atoms with van der Waals surface area (Å²) in [4.78, 5) is 12.3. The number of nitrogens with one attached hydrogen (secondary N) is 1. The zero-order valence-corrected chi connectivity index (χ0v) is 15.7. The van der Waals surface area contributed by atoms with Gasteiger partial charge in [0.15, 0.2) is 0 Å². The third kappa shape index (κ3) is 5.62. The molecule has 0 bridgehead atoms. The van der Waals surface area contributed by atoms with Gasteiger partial charge in [-0.25, -0.2) is 0 Å². The molecule has 0 saturated carbocycles. The van der Waals surface area contributed by atoms with Gasteiger partial charge in [-0.05, 0) is 73.7 Å². The van der Waals surface area contributed by atoms with Crippen LogP contribution >= 0.6 is 0 Å². The highest BCUT2D eigenvalue weighted by Gasteiger charge is 2.10. The van der Waals surface area contributed by atoms with Gasteiger partial charge in [0.05, 0.1) is 0 Å². The third-order valence-electron chi connectivity index (χ3n) is 4.46. The fourth-order valence-corrected chi connectivity index (χ4v) is 2.94. The van der Waals surface area contributed by atoms with E-state index in [0.29, 0.717) is 5.56 Å². The summed E-state index contributed by atoms with van der Waals surface area (Å²) in [5.74, 6) is -0.0858. The maximum Gasteiger partial charge on any atom is 0.255 e. The summed E-state index contributed by atoms with van der Waals surface area (Å²) in [6, 6.07) is 5.91. The predicted octanol–water partition coefficient (Wildman–Crippen LogP) is 5.17. The Bertz CT molecular complexity index is 779. The van der Waals surface area contributed by atoms with Crippen molar-refractivity contribution >= 4 is 11.5 Å². The molecule has 0 aromatic heterocycles. The number of hydrogen-bond acceptors (Lipinski definition) is 2. The standard InChI is InChI=1S/C23H28N2O/c1-3-19(9-7-15-24)10-8-16-25-23(26)21-13-14-22(18(2)17-21)20-11-5-4-6-12-20/h4-5,7-9,11,13-17H,3,6,10,12,24H2,1-2H3,(H,25,26)/b15-7-,16-8+,19-9-. The van der Waals surface area contributed by atoms with Crippen molar-refractivity contribution in [3.8, 4) is 0 Å². The minimum absolute atomic E-state index is 0.0858. The maximum absolute atomic E-state index is 12.3. The van der Waals surface area contributed by atoms with Gasteiger partial charge in [0.2, 0.25) is 0 Å². The first-order valence-corrected chi connectivity index (χ1v) is 9.14. The van der Waals surface area contributed by atoms with E-state index in [1.807, 2.05) is 30.4 Å². The SMILES string of the molecule is CC/C(=C/C=C\N)C/C=C/NC(=O)c1ccc(C2=CC=CCC2)c(C)c1. The molecule has 0 fully saturated rings. The molecule has 1 aliphatic carbocycles. The fourth-order valence-electron chi connectivity index (χ4n) is 2.94. The van der Waals surface area contributed by atoms with E-state index < -0.39 is 0 Å². The molecule has 1 aromatic rings. The van der Waals surface area contributed by atoms with Crippen LogP contribution in [0.5, 0.6) is 0 Å². The number of carbonyl (C=O) groups excluding carboxylic acids is 1. The Hall–Kier alpha value is -2.81. The van der Waals surface area contributed by atoms with Crippen molar-refractivity contribution in [2.45, 2.75) is 39.5 Å². The van der Waals surface area contributed by atoms with Crippen LogP contribution in [0.1, 0.15) is 54.1 Å². The van der Waals surface area contributed by atoms with Crippen molar-refractivity contribution in [2.24, 2.45) is 5.73 Å². The summed E-state index contributed by atoms with van der Waals surface area (Å²) in [5.41, 5.74) is 11.0. The molecule has 0 atom stereocenters. The van der Waals surface area contributed by atoms with Crippen molar-refractivity contribution in [3.05, 3.63) is 89.3 Å². The average Bonchev–Trinajstić information content (AvgIpc) is 2.67. The Morgan fingerprint density at radius 2 is 2.19 bits per heavy atom. The second-order valence-corrected chi connectivity index (χ2v) is 6.33. The van der Waals surface area contributed by atoms with Crippen molar-refractivity contribution in [1.29, 1.82) is 0 Å². The van der Waals surface area contributed by atoms with Crippen LogP contribution in [0.3, 0.4) is 0 Å². The summed E-state index contributed by atoms with van der Waals surface area (Å²) in [7, 11) is 0. The van der Waals surface area contributed by atoms with E-state index >= 15 is 0 Å². The molecule has 0 heterocycles. The largest absolute Gasteiger partial charge is 0.405 e. The lowest BCUT2D eigenvalue weighted by Crippen LogP contribution is -2.17. The second kappa shape index (κ2) is 10.2. The first-order chi connectivity index (χ1) is 12.7. The van der Waals surface area contributed by atoms with Crippen LogP contribution in [0.15, 0.2) is 72.6 Å². The van der Waals surface area contributed by atoms with E-state index in [2.05, 4.69) is 43.5 Å². The first-order valence-electron chi connectivity index (χ1n) is 9.14. The summed E-state index contributed by atoms with van der Waals surface area (Å²) < 4.78 is 0. The Morgan fingerprint density at radius 3 is 2.85 bits per heavy atom. The Morgan fingerprint density at radius 1 is 1.35 bits per heavy atom. The summed E-state index contributed by atoms with van der Waals surface area (Å²) in [5, 5.41) is 2.85. The van der Waals surface area contributed by atoms with Crippen LogP contribution in [-0.2, 0) is 0 Å².